The monoisotopic (exact) mass is 214 g/mol. The van der Waals surface area contributed by atoms with Gasteiger partial charge >= 0.3 is 0 Å². The van der Waals surface area contributed by atoms with Crippen molar-refractivity contribution in [2.45, 2.75) is 69.9 Å². The predicted octanol–water partition coefficient (Wildman–Crippen LogP) is 1.82. The summed E-state index contributed by atoms with van der Waals surface area (Å²) in [5.74, 6) is -0.439. The molecule has 0 aromatic heterocycles. The number of aliphatic hydroxyl groups excluding tert-OH is 1. The second-order valence-corrected chi connectivity index (χ2v) is 5.31. The van der Waals surface area contributed by atoms with Gasteiger partial charge in [0.1, 0.15) is 0 Å². The Kier molecular flexibility index (Phi) is 3.33. The minimum absolute atomic E-state index is 0.150. The molecule has 0 aromatic rings. The number of ether oxygens (including phenoxy) is 1. The minimum atomic E-state index is -0.950. The topological polar surface area (TPSA) is 49.7 Å². The Hall–Kier alpha value is -0.120. The van der Waals surface area contributed by atoms with E-state index in [-0.39, 0.29) is 12.2 Å². The maximum atomic E-state index is 10.2. The fraction of sp³-hybridized carbons (Fsp3) is 1.00. The zero-order chi connectivity index (χ0) is 10.9. The summed E-state index contributed by atoms with van der Waals surface area (Å²) in [6.07, 6.45) is 5.87. The number of aliphatic hydroxyl groups is 2. The second-order valence-electron chi connectivity index (χ2n) is 5.31. The van der Waals surface area contributed by atoms with Crippen LogP contribution in [-0.4, -0.2) is 28.2 Å². The van der Waals surface area contributed by atoms with Gasteiger partial charge in [-0.2, -0.15) is 0 Å². The molecule has 0 heterocycles. The highest BCUT2D eigenvalue weighted by atomic mass is 16.6. The van der Waals surface area contributed by atoms with Crippen LogP contribution in [0.3, 0.4) is 0 Å². The van der Waals surface area contributed by atoms with E-state index in [2.05, 4.69) is 6.92 Å². The van der Waals surface area contributed by atoms with Crippen LogP contribution < -0.4 is 0 Å². The van der Waals surface area contributed by atoms with Gasteiger partial charge in [-0.05, 0) is 31.6 Å². The molecule has 0 bridgehead atoms. The van der Waals surface area contributed by atoms with Crippen LogP contribution in [0.5, 0.6) is 0 Å². The highest BCUT2D eigenvalue weighted by Crippen LogP contribution is 2.35. The fourth-order valence-electron chi connectivity index (χ4n) is 2.84. The van der Waals surface area contributed by atoms with Crippen molar-refractivity contribution < 1.29 is 14.9 Å². The fourth-order valence-corrected chi connectivity index (χ4v) is 2.84. The molecular weight excluding hydrogens is 192 g/mol. The molecule has 0 amide bonds. The lowest BCUT2D eigenvalue weighted by molar-refractivity contribution is -0.255. The van der Waals surface area contributed by atoms with E-state index in [1.807, 2.05) is 0 Å². The summed E-state index contributed by atoms with van der Waals surface area (Å²) in [4.78, 5) is 0. The van der Waals surface area contributed by atoms with Crippen molar-refractivity contribution in [3.8, 4) is 0 Å². The average molecular weight is 214 g/mol. The molecule has 2 rings (SSSR count). The van der Waals surface area contributed by atoms with Crippen molar-refractivity contribution in [1.29, 1.82) is 0 Å². The van der Waals surface area contributed by atoms with Crippen molar-refractivity contribution >= 4 is 0 Å². The smallest absolute Gasteiger partial charge is 0.165 e. The Balaban J connectivity index is 1.89. The van der Waals surface area contributed by atoms with E-state index in [4.69, 9.17) is 4.74 Å². The first kappa shape index (κ1) is 11.4. The van der Waals surface area contributed by atoms with Crippen LogP contribution in [0.25, 0.3) is 0 Å². The molecule has 3 atom stereocenters. The molecular formula is C12H22O3. The van der Waals surface area contributed by atoms with E-state index >= 15 is 0 Å². The first-order valence-corrected chi connectivity index (χ1v) is 6.17. The van der Waals surface area contributed by atoms with Crippen molar-refractivity contribution in [2.24, 2.45) is 5.92 Å². The first-order valence-electron chi connectivity index (χ1n) is 6.17. The number of hydrogen-bond donors (Lipinski definition) is 2. The summed E-state index contributed by atoms with van der Waals surface area (Å²) >= 11 is 0. The van der Waals surface area contributed by atoms with E-state index in [9.17, 15) is 10.2 Å². The standard InChI is InChI=1S/C12H22O3/c1-9-7-10(13)11(8-9)15-12(14)5-3-2-4-6-12/h9-11,13-14H,2-8H2,1H3/t9-,10-,11+/m0/s1. The van der Waals surface area contributed by atoms with Crippen molar-refractivity contribution in [3.63, 3.8) is 0 Å². The lowest BCUT2D eigenvalue weighted by atomic mass is 9.94. The second kappa shape index (κ2) is 4.40. The summed E-state index contributed by atoms with van der Waals surface area (Å²) < 4.78 is 5.73. The normalized spacial score (nSPS) is 40.6. The lowest BCUT2D eigenvalue weighted by Crippen LogP contribution is -2.40. The van der Waals surface area contributed by atoms with Gasteiger partial charge < -0.3 is 14.9 Å². The molecule has 0 spiro atoms. The van der Waals surface area contributed by atoms with Gasteiger partial charge in [0.15, 0.2) is 5.79 Å². The Morgan fingerprint density at radius 1 is 1.13 bits per heavy atom. The van der Waals surface area contributed by atoms with Crippen LogP contribution >= 0.6 is 0 Å². The molecule has 2 fully saturated rings. The van der Waals surface area contributed by atoms with Gasteiger partial charge in [0.05, 0.1) is 12.2 Å². The van der Waals surface area contributed by atoms with Crippen molar-refractivity contribution in [2.75, 3.05) is 0 Å². The molecule has 0 unspecified atom stereocenters. The third-order valence-electron chi connectivity index (χ3n) is 3.71. The van der Waals surface area contributed by atoms with Crippen LogP contribution in [0, 0.1) is 5.92 Å². The summed E-state index contributed by atoms with van der Waals surface area (Å²) in [7, 11) is 0. The summed E-state index contributed by atoms with van der Waals surface area (Å²) in [6.45, 7) is 2.12. The van der Waals surface area contributed by atoms with Gasteiger partial charge in [-0.1, -0.05) is 13.3 Å². The minimum Gasteiger partial charge on any atom is -0.390 e. The molecule has 88 valence electrons. The van der Waals surface area contributed by atoms with Crippen molar-refractivity contribution in [1.82, 2.24) is 0 Å². The SMILES string of the molecule is C[C@H]1C[C@H](O)[C@H](OC2(O)CCCCC2)C1. The van der Waals surface area contributed by atoms with Crippen LogP contribution in [0.4, 0.5) is 0 Å². The maximum Gasteiger partial charge on any atom is 0.165 e. The van der Waals surface area contributed by atoms with Gasteiger partial charge in [-0.15, -0.1) is 0 Å². The zero-order valence-corrected chi connectivity index (χ0v) is 9.48. The molecule has 15 heavy (non-hydrogen) atoms. The maximum absolute atomic E-state index is 10.2. The van der Waals surface area contributed by atoms with E-state index in [1.54, 1.807) is 0 Å². The van der Waals surface area contributed by atoms with Gasteiger partial charge in [-0.3, -0.25) is 0 Å². The predicted molar refractivity (Wildman–Crippen MR) is 57.3 cm³/mol. The molecule has 0 aromatic carbocycles. The van der Waals surface area contributed by atoms with E-state index in [0.29, 0.717) is 5.92 Å². The molecule has 2 saturated carbocycles. The Bertz CT molecular complexity index is 211. The highest BCUT2D eigenvalue weighted by molar-refractivity contribution is 4.85. The third kappa shape index (κ3) is 2.71. The average Bonchev–Trinajstić information content (AvgIpc) is 2.45. The van der Waals surface area contributed by atoms with Crippen molar-refractivity contribution in [3.05, 3.63) is 0 Å². The summed E-state index contributed by atoms with van der Waals surface area (Å²) in [5, 5.41) is 20.0. The first-order chi connectivity index (χ1) is 7.09. The molecule has 2 aliphatic rings. The largest absolute Gasteiger partial charge is 0.390 e. The Morgan fingerprint density at radius 2 is 1.80 bits per heavy atom. The summed E-state index contributed by atoms with van der Waals surface area (Å²) in [5.41, 5.74) is 0. The van der Waals surface area contributed by atoms with E-state index in [0.717, 1.165) is 38.5 Å². The number of rotatable bonds is 2. The van der Waals surface area contributed by atoms with Gasteiger partial charge in [0.25, 0.3) is 0 Å². The zero-order valence-electron chi connectivity index (χ0n) is 9.48. The highest BCUT2D eigenvalue weighted by Gasteiger charge is 2.39. The van der Waals surface area contributed by atoms with Gasteiger partial charge in [0.2, 0.25) is 0 Å². The quantitative estimate of drug-likeness (QED) is 0.689. The molecule has 0 aliphatic heterocycles. The van der Waals surface area contributed by atoms with Gasteiger partial charge in [-0.25, -0.2) is 0 Å². The third-order valence-corrected chi connectivity index (χ3v) is 3.71. The van der Waals surface area contributed by atoms with Crippen LogP contribution in [-0.2, 0) is 4.74 Å². The van der Waals surface area contributed by atoms with Crippen LogP contribution in [0.1, 0.15) is 51.9 Å². The Morgan fingerprint density at radius 3 is 2.33 bits per heavy atom. The van der Waals surface area contributed by atoms with Gasteiger partial charge in [0, 0.05) is 12.8 Å². The van der Waals surface area contributed by atoms with E-state index < -0.39 is 5.79 Å². The van der Waals surface area contributed by atoms with Crippen LogP contribution in [0.15, 0.2) is 0 Å². The number of hydrogen-bond acceptors (Lipinski definition) is 3. The van der Waals surface area contributed by atoms with Crippen LogP contribution in [0.2, 0.25) is 0 Å². The lowest BCUT2D eigenvalue weighted by Gasteiger charge is -2.35. The molecule has 2 aliphatic carbocycles. The molecule has 2 N–H and O–H groups in total. The van der Waals surface area contributed by atoms with E-state index in [1.165, 1.54) is 6.42 Å². The Labute approximate surface area is 91.4 Å². The molecule has 3 heteroatoms. The molecule has 0 radical (unpaired) electrons. The molecule has 3 nitrogen and oxygen atoms in total. The molecule has 0 saturated heterocycles. The summed E-state index contributed by atoms with van der Waals surface area (Å²) in [6, 6.07) is 0.